The molecule has 7 heteroatoms. The smallest absolute Gasteiger partial charge is 0.226 e. The lowest BCUT2D eigenvalue weighted by Crippen LogP contribution is -2.31. The van der Waals surface area contributed by atoms with Crippen LogP contribution < -0.4 is 5.32 Å². The second kappa shape index (κ2) is 6.49. The van der Waals surface area contributed by atoms with E-state index in [1.54, 1.807) is 22.9 Å². The molecule has 1 aromatic heterocycles. The van der Waals surface area contributed by atoms with Crippen molar-refractivity contribution in [2.75, 3.05) is 5.32 Å². The molecule has 2 aromatic carbocycles. The topological polar surface area (TPSA) is 80.0 Å². The van der Waals surface area contributed by atoms with Gasteiger partial charge >= 0.3 is 0 Å². The maximum Gasteiger partial charge on any atom is 0.226 e. The van der Waals surface area contributed by atoms with E-state index in [1.807, 2.05) is 30.3 Å². The highest BCUT2D eigenvalue weighted by molar-refractivity contribution is 6.30. The van der Waals surface area contributed by atoms with E-state index in [-0.39, 0.29) is 17.6 Å². The van der Waals surface area contributed by atoms with Crippen molar-refractivity contribution in [1.29, 1.82) is 0 Å². The van der Waals surface area contributed by atoms with Gasteiger partial charge < -0.3 is 10.4 Å². The van der Waals surface area contributed by atoms with Crippen LogP contribution in [0.4, 0.5) is 5.95 Å². The number of ketones is 1. The molecule has 28 heavy (non-hydrogen) atoms. The molecule has 2 aliphatic rings. The van der Waals surface area contributed by atoms with Crippen LogP contribution in [0.1, 0.15) is 30.9 Å². The Labute approximate surface area is 166 Å². The van der Waals surface area contributed by atoms with Crippen molar-refractivity contribution >= 4 is 23.3 Å². The normalized spacial score (nSPS) is 18.5. The molecular formula is C21H17ClN4O2. The number of rotatable bonds is 2. The van der Waals surface area contributed by atoms with E-state index in [0.717, 1.165) is 29.7 Å². The number of phenols is 1. The first kappa shape index (κ1) is 17.0. The molecular weight excluding hydrogens is 376 g/mol. The van der Waals surface area contributed by atoms with Crippen LogP contribution in [0, 0.1) is 0 Å². The maximum absolute atomic E-state index is 12.8. The molecule has 0 saturated heterocycles. The first-order valence-electron chi connectivity index (χ1n) is 9.15. The first-order chi connectivity index (χ1) is 13.6. The lowest BCUT2D eigenvalue weighted by molar-refractivity contribution is -0.116. The fourth-order valence-electron chi connectivity index (χ4n) is 3.88. The zero-order valence-electron chi connectivity index (χ0n) is 14.9. The number of anilines is 1. The van der Waals surface area contributed by atoms with Gasteiger partial charge in [-0.15, -0.1) is 5.10 Å². The van der Waals surface area contributed by atoms with E-state index in [1.165, 1.54) is 0 Å². The highest BCUT2D eigenvalue weighted by Gasteiger charge is 2.36. The molecule has 0 saturated carbocycles. The number of carbonyl (C=O) groups is 1. The average molecular weight is 393 g/mol. The van der Waals surface area contributed by atoms with Crippen molar-refractivity contribution in [3.8, 4) is 17.1 Å². The van der Waals surface area contributed by atoms with Crippen molar-refractivity contribution in [3.05, 3.63) is 70.4 Å². The summed E-state index contributed by atoms with van der Waals surface area (Å²) >= 11 is 6.07. The quantitative estimate of drug-likeness (QED) is 0.678. The van der Waals surface area contributed by atoms with Gasteiger partial charge in [0.05, 0.1) is 0 Å². The molecule has 6 nitrogen and oxygen atoms in total. The molecule has 2 N–H and O–H groups in total. The Morgan fingerprint density at radius 2 is 1.96 bits per heavy atom. The number of nitrogens with zero attached hydrogens (tertiary/aromatic N) is 3. The van der Waals surface area contributed by atoms with E-state index < -0.39 is 0 Å². The summed E-state index contributed by atoms with van der Waals surface area (Å²) in [6.07, 6.45) is 2.17. The van der Waals surface area contributed by atoms with Crippen molar-refractivity contribution in [1.82, 2.24) is 14.8 Å². The molecule has 0 spiro atoms. The number of fused-ring (bicyclic) bond motifs is 1. The summed E-state index contributed by atoms with van der Waals surface area (Å²) in [7, 11) is 0. The summed E-state index contributed by atoms with van der Waals surface area (Å²) in [6, 6.07) is 13.9. The lowest BCUT2D eigenvalue weighted by Gasteiger charge is -2.32. The summed E-state index contributed by atoms with van der Waals surface area (Å²) in [5, 5.41) is 18.4. The summed E-state index contributed by atoms with van der Waals surface area (Å²) in [5.41, 5.74) is 3.30. The largest absolute Gasteiger partial charge is 0.508 e. The van der Waals surface area contributed by atoms with E-state index in [2.05, 4.69) is 15.4 Å². The van der Waals surface area contributed by atoms with Crippen molar-refractivity contribution < 1.29 is 9.90 Å². The van der Waals surface area contributed by atoms with Crippen LogP contribution in [0.2, 0.25) is 5.02 Å². The van der Waals surface area contributed by atoms with Gasteiger partial charge in [0, 0.05) is 28.3 Å². The minimum Gasteiger partial charge on any atom is -0.508 e. The van der Waals surface area contributed by atoms with Crippen molar-refractivity contribution in [2.45, 2.75) is 25.3 Å². The van der Waals surface area contributed by atoms with Crippen LogP contribution in [0.3, 0.4) is 0 Å². The highest BCUT2D eigenvalue weighted by Crippen LogP contribution is 2.40. The Morgan fingerprint density at radius 1 is 1.14 bits per heavy atom. The minimum absolute atomic E-state index is 0.133. The zero-order valence-corrected chi connectivity index (χ0v) is 15.6. The number of halogens is 1. The molecule has 2 heterocycles. The number of Topliss-reactive ketones (excluding diaryl/α,β-unsaturated/α-hetero) is 1. The van der Waals surface area contributed by atoms with Gasteiger partial charge in [0.1, 0.15) is 11.8 Å². The number of aromatic hydroxyl groups is 1. The number of hydrogen-bond donors (Lipinski definition) is 2. The Morgan fingerprint density at radius 3 is 2.75 bits per heavy atom. The maximum atomic E-state index is 12.8. The molecule has 0 unspecified atom stereocenters. The Bertz CT molecular complexity index is 1120. The monoisotopic (exact) mass is 392 g/mol. The lowest BCUT2D eigenvalue weighted by atomic mass is 9.85. The molecule has 5 rings (SSSR count). The van der Waals surface area contributed by atoms with Crippen LogP contribution in [0.15, 0.2) is 59.8 Å². The van der Waals surface area contributed by atoms with Gasteiger partial charge in [0.2, 0.25) is 5.95 Å². The van der Waals surface area contributed by atoms with Gasteiger partial charge in [-0.1, -0.05) is 35.9 Å². The number of aromatic nitrogens is 3. The minimum atomic E-state index is -0.352. The highest BCUT2D eigenvalue weighted by atomic mass is 35.5. The Kier molecular flexibility index (Phi) is 3.94. The molecule has 1 aliphatic heterocycles. The van der Waals surface area contributed by atoms with Gasteiger partial charge in [-0.25, -0.2) is 4.68 Å². The van der Waals surface area contributed by atoms with E-state index >= 15 is 0 Å². The summed E-state index contributed by atoms with van der Waals surface area (Å²) in [4.78, 5) is 17.4. The molecule has 3 aromatic rings. The van der Waals surface area contributed by atoms with Crippen molar-refractivity contribution in [3.63, 3.8) is 0 Å². The fraction of sp³-hybridized carbons (Fsp3) is 0.190. The summed E-state index contributed by atoms with van der Waals surface area (Å²) in [5.74, 6) is 1.37. The van der Waals surface area contributed by atoms with Gasteiger partial charge in [-0.05, 0) is 42.7 Å². The van der Waals surface area contributed by atoms with Gasteiger partial charge in [-0.2, -0.15) is 4.98 Å². The second-order valence-electron chi connectivity index (χ2n) is 7.00. The van der Waals surface area contributed by atoms with E-state index in [9.17, 15) is 9.90 Å². The van der Waals surface area contributed by atoms with Crippen LogP contribution in [0.5, 0.6) is 5.75 Å². The molecule has 1 aliphatic carbocycles. The van der Waals surface area contributed by atoms with Gasteiger partial charge in [0.15, 0.2) is 11.6 Å². The number of allylic oxidation sites excluding steroid dienone is 2. The third kappa shape index (κ3) is 2.77. The summed E-state index contributed by atoms with van der Waals surface area (Å²) < 4.78 is 1.75. The number of benzene rings is 2. The predicted octanol–water partition coefficient (Wildman–Crippen LogP) is 4.33. The van der Waals surface area contributed by atoms with E-state index in [0.29, 0.717) is 28.8 Å². The van der Waals surface area contributed by atoms with Gasteiger partial charge in [0.25, 0.3) is 0 Å². The van der Waals surface area contributed by atoms with Gasteiger partial charge in [-0.3, -0.25) is 4.79 Å². The molecule has 0 bridgehead atoms. The first-order valence-corrected chi connectivity index (χ1v) is 9.52. The molecule has 140 valence electrons. The SMILES string of the molecule is O=C1CCCC2=C1[C@@H](c1ccc(Cl)cc1)n1nc(-c3cccc(O)c3)nc1N2. The Balaban J connectivity index is 1.68. The fourth-order valence-corrected chi connectivity index (χ4v) is 4.00. The molecule has 1 atom stereocenters. The predicted molar refractivity (Wildman–Crippen MR) is 106 cm³/mol. The molecule has 0 radical (unpaired) electrons. The Hall–Kier alpha value is -3.12. The van der Waals surface area contributed by atoms with E-state index in [4.69, 9.17) is 11.6 Å². The second-order valence-corrected chi connectivity index (χ2v) is 7.44. The average Bonchev–Trinajstić information content (AvgIpc) is 3.11. The van der Waals surface area contributed by atoms with Crippen LogP contribution in [0.25, 0.3) is 11.4 Å². The number of hydrogen-bond acceptors (Lipinski definition) is 5. The third-order valence-corrected chi connectivity index (χ3v) is 5.41. The number of phenolic OH excluding ortho intramolecular Hbond substituents is 1. The third-order valence-electron chi connectivity index (χ3n) is 5.16. The van der Waals surface area contributed by atoms with Crippen LogP contribution >= 0.6 is 11.6 Å². The standard InChI is InChI=1S/C21H17ClN4O2/c22-14-9-7-12(8-10-14)19-18-16(5-2-6-17(18)28)23-21-24-20(25-26(19)21)13-3-1-4-15(27)11-13/h1,3-4,7-11,19,27H,2,5-6H2,(H,23,24,25)/t19-/m1/s1. The zero-order chi connectivity index (χ0) is 19.3. The summed E-state index contributed by atoms with van der Waals surface area (Å²) in [6.45, 7) is 0. The molecule has 0 amide bonds. The van der Waals surface area contributed by atoms with Crippen LogP contribution in [-0.2, 0) is 4.79 Å². The number of nitrogens with one attached hydrogen (secondary N) is 1. The van der Waals surface area contributed by atoms with Crippen LogP contribution in [-0.4, -0.2) is 25.7 Å². The molecule has 0 fully saturated rings. The number of carbonyl (C=O) groups excluding carboxylic acids is 1. The van der Waals surface area contributed by atoms with Crippen molar-refractivity contribution in [2.24, 2.45) is 0 Å².